The van der Waals surface area contributed by atoms with Crippen molar-refractivity contribution < 1.29 is 4.79 Å². The Morgan fingerprint density at radius 1 is 1.17 bits per heavy atom. The number of nitrogens with zero attached hydrogens (tertiary/aromatic N) is 1. The van der Waals surface area contributed by atoms with Gasteiger partial charge in [-0.2, -0.15) is 0 Å². The van der Waals surface area contributed by atoms with Gasteiger partial charge in [0.05, 0.1) is 5.54 Å². The van der Waals surface area contributed by atoms with Gasteiger partial charge in [-0.05, 0) is 73.7 Å². The van der Waals surface area contributed by atoms with Crippen LogP contribution in [0.5, 0.6) is 0 Å². The smallest absolute Gasteiger partial charge is 0.223 e. The highest BCUT2D eigenvalue weighted by Crippen LogP contribution is 2.60. The van der Waals surface area contributed by atoms with Gasteiger partial charge in [-0.1, -0.05) is 26.0 Å². The molecule has 1 aromatic carbocycles. The molecule has 1 amide bonds. The fourth-order valence-electron chi connectivity index (χ4n) is 5.34. The fraction of sp³-hybridized carbons (Fsp3) is 0.650. The largest absolute Gasteiger partial charge is 0.333 e. The number of carbonyl (C=O) groups is 1. The van der Waals surface area contributed by atoms with Gasteiger partial charge in [0.1, 0.15) is 0 Å². The molecule has 2 aliphatic heterocycles. The number of hydrogen-bond acceptors (Lipinski definition) is 2. The average Bonchev–Trinajstić information content (AvgIpc) is 2.95. The van der Waals surface area contributed by atoms with E-state index >= 15 is 0 Å². The van der Waals surface area contributed by atoms with Gasteiger partial charge in [-0.25, -0.2) is 0 Å². The van der Waals surface area contributed by atoms with Crippen LogP contribution in [0.1, 0.15) is 48.9 Å². The molecule has 2 N–H and O–H groups in total. The van der Waals surface area contributed by atoms with E-state index in [-0.39, 0.29) is 5.54 Å². The average molecular weight is 314 g/mol. The Balaban J connectivity index is 0.000000753. The molecular weight excluding hydrogens is 284 g/mol. The van der Waals surface area contributed by atoms with E-state index in [2.05, 4.69) is 50.5 Å². The molecule has 126 valence electrons. The Morgan fingerprint density at radius 3 is 2.52 bits per heavy atom. The predicted octanol–water partition coefficient (Wildman–Crippen LogP) is 3.15. The Kier molecular flexibility index (Phi) is 4.04. The van der Waals surface area contributed by atoms with Crippen LogP contribution in [0.2, 0.25) is 0 Å². The number of aryl methyl sites for hydroxylation is 2. The van der Waals surface area contributed by atoms with Crippen molar-refractivity contribution in [2.24, 2.45) is 23.5 Å². The highest BCUT2D eigenvalue weighted by Gasteiger charge is 2.62. The molecule has 2 fully saturated rings. The lowest BCUT2D eigenvalue weighted by atomic mass is 9.73. The van der Waals surface area contributed by atoms with Crippen molar-refractivity contribution >= 4 is 5.91 Å². The van der Waals surface area contributed by atoms with Crippen LogP contribution in [0.4, 0.5) is 0 Å². The first-order chi connectivity index (χ1) is 10.9. The van der Waals surface area contributed by atoms with E-state index in [0.717, 1.165) is 25.8 Å². The summed E-state index contributed by atoms with van der Waals surface area (Å²) in [5.41, 5.74) is 10.2. The minimum atomic E-state index is 0.0158. The van der Waals surface area contributed by atoms with Gasteiger partial charge in [0, 0.05) is 13.0 Å². The molecule has 1 saturated heterocycles. The number of benzene rings is 1. The summed E-state index contributed by atoms with van der Waals surface area (Å²) in [5, 5.41) is 0. The summed E-state index contributed by atoms with van der Waals surface area (Å²) in [4.78, 5) is 14.8. The first-order valence-corrected chi connectivity index (χ1v) is 8.94. The number of hydrogen-bond donors (Lipinski definition) is 1. The third-order valence-electron chi connectivity index (χ3n) is 6.75. The van der Waals surface area contributed by atoms with Gasteiger partial charge in [0.15, 0.2) is 0 Å². The number of carbonyl (C=O) groups excluding carboxylic acids is 1. The van der Waals surface area contributed by atoms with Crippen LogP contribution in [0.3, 0.4) is 0 Å². The molecule has 1 spiro atoms. The van der Waals surface area contributed by atoms with Crippen LogP contribution in [0.25, 0.3) is 0 Å². The summed E-state index contributed by atoms with van der Waals surface area (Å²) in [6.45, 7) is 10.1. The second kappa shape index (κ2) is 5.62. The van der Waals surface area contributed by atoms with Crippen LogP contribution < -0.4 is 5.73 Å². The molecule has 4 atom stereocenters. The number of fused-ring (bicyclic) bond motifs is 1. The third-order valence-corrected chi connectivity index (χ3v) is 6.75. The summed E-state index contributed by atoms with van der Waals surface area (Å²) in [7, 11) is 1.50. The van der Waals surface area contributed by atoms with Crippen LogP contribution in [0, 0.1) is 31.6 Å². The standard InChI is InChI=1S/C19H25NO.CH5N/c1-11-7-15-5-6-20-18(21)9-16-14(4)13(3)10-19(16,20)17(15)8-12(11)2;1-2/h7-8,13-14,16H,5-6,9-10H2,1-4H3;2H2,1H3/t13-,14+,16-,19?;/m0./s1. The first-order valence-electron chi connectivity index (χ1n) is 8.94. The van der Waals surface area contributed by atoms with Crippen LogP contribution >= 0.6 is 0 Å². The molecule has 1 aliphatic carbocycles. The maximum atomic E-state index is 12.6. The van der Waals surface area contributed by atoms with Crippen molar-refractivity contribution in [2.45, 2.75) is 52.5 Å². The van der Waals surface area contributed by atoms with E-state index < -0.39 is 0 Å². The minimum Gasteiger partial charge on any atom is -0.333 e. The lowest BCUT2D eigenvalue weighted by Gasteiger charge is -2.45. The summed E-state index contributed by atoms with van der Waals surface area (Å²) >= 11 is 0. The maximum absolute atomic E-state index is 12.6. The molecule has 3 heteroatoms. The van der Waals surface area contributed by atoms with E-state index in [9.17, 15) is 4.79 Å². The maximum Gasteiger partial charge on any atom is 0.223 e. The van der Waals surface area contributed by atoms with Gasteiger partial charge in [0.2, 0.25) is 5.91 Å². The Hall–Kier alpha value is -1.35. The van der Waals surface area contributed by atoms with Gasteiger partial charge in [-0.3, -0.25) is 4.79 Å². The molecule has 0 radical (unpaired) electrons. The van der Waals surface area contributed by atoms with Crippen LogP contribution in [0.15, 0.2) is 12.1 Å². The van der Waals surface area contributed by atoms with Crippen molar-refractivity contribution in [3.63, 3.8) is 0 Å². The van der Waals surface area contributed by atoms with Crippen molar-refractivity contribution in [3.05, 3.63) is 34.4 Å². The van der Waals surface area contributed by atoms with Crippen molar-refractivity contribution in [3.8, 4) is 0 Å². The molecule has 23 heavy (non-hydrogen) atoms. The molecule has 0 bridgehead atoms. The second-order valence-electron chi connectivity index (χ2n) is 7.66. The normalized spacial score (nSPS) is 34.4. The molecule has 3 aliphatic rings. The zero-order valence-electron chi connectivity index (χ0n) is 15.1. The number of amides is 1. The van der Waals surface area contributed by atoms with Gasteiger partial charge >= 0.3 is 0 Å². The van der Waals surface area contributed by atoms with Gasteiger partial charge in [-0.15, -0.1) is 0 Å². The summed E-state index contributed by atoms with van der Waals surface area (Å²) < 4.78 is 0. The van der Waals surface area contributed by atoms with Crippen LogP contribution in [-0.4, -0.2) is 24.4 Å². The first kappa shape index (κ1) is 16.5. The second-order valence-corrected chi connectivity index (χ2v) is 7.66. The van der Waals surface area contributed by atoms with Crippen molar-refractivity contribution in [1.29, 1.82) is 0 Å². The number of nitrogens with two attached hydrogens (primary N) is 1. The molecule has 2 heterocycles. The van der Waals surface area contributed by atoms with E-state index in [4.69, 9.17) is 0 Å². The minimum absolute atomic E-state index is 0.0158. The topological polar surface area (TPSA) is 46.3 Å². The Labute approximate surface area is 140 Å². The Morgan fingerprint density at radius 2 is 1.83 bits per heavy atom. The zero-order chi connectivity index (χ0) is 16.9. The molecule has 1 aromatic rings. The van der Waals surface area contributed by atoms with E-state index in [0.29, 0.717) is 23.7 Å². The monoisotopic (exact) mass is 314 g/mol. The molecule has 0 aromatic heterocycles. The van der Waals surface area contributed by atoms with Gasteiger partial charge in [0.25, 0.3) is 0 Å². The van der Waals surface area contributed by atoms with Crippen LogP contribution in [-0.2, 0) is 16.8 Å². The summed E-state index contributed by atoms with van der Waals surface area (Å²) in [6.07, 6.45) is 2.94. The summed E-state index contributed by atoms with van der Waals surface area (Å²) in [6, 6.07) is 4.78. The summed E-state index contributed by atoms with van der Waals surface area (Å²) in [5.74, 6) is 2.26. The van der Waals surface area contributed by atoms with Gasteiger partial charge < -0.3 is 10.6 Å². The van der Waals surface area contributed by atoms with Crippen molar-refractivity contribution in [1.82, 2.24) is 4.90 Å². The number of rotatable bonds is 0. The highest BCUT2D eigenvalue weighted by molar-refractivity contribution is 5.82. The van der Waals surface area contributed by atoms with E-state index in [1.165, 1.54) is 29.3 Å². The quantitative estimate of drug-likeness (QED) is 0.799. The SMILES string of the molecule is CN.Cc1cc2c(cc1C)C13C[C@H](C)[C@@H](C)[C@@H]1CC(=O)N3CC2. The molecule has 1 saturated carbocycles. The molecular formula is C20H30N2O. The fourth-order valence-corrected chi connectivity index (χ4v) is 5.34. The zero-order valence-corrected chi connectivity index (χ0v) is 15.1. The lowest BCUT2D eigenvalue weighted by Crippen LogP contribution is -2.49. The predicted molar refractivity (Wildman–Crippen MR) is 94.2 cm³/mol. The molecule has 3 nitrogen and oxygen atoms in total. The molecule has 4 rings (SSSR count). The van der Waals surface area contributed by atoms with E-state index in [1.54, 1.807) is 0 Å². The lowest BCUT2D eigenvalue weighted by molar-refractivity contribution is -0.132. The van der Waals surface area contributed by atoms with Crippen molar-refractivity contribution in [2.75, 3.05) is 13.6 Å². The molecule has 1 unspecified atom stereocenters. The Bertz CT molecular complexity index is 639. The van der Waals surface area contributed by atoms with E-state index in [1.807, 2.05) is 0 Å². The highest BCUT2D eigenvalue weighted by atomic mass is 16.2. The third kappa shape index (κ3) is 2.09.